The minimum absolute atomic E-state index is 0.167. The van der Waals surface area contributed by atoms with Crippen molar-refractivity contribution in [3.8, 4) is 0 Å². The fourth-order valence-electron chi connectivity index (χ4n) is 1.95. The van der Waals surface area contributed by atoms with E-state index in [9.17, 15) is 13.2 Å². The number of nitrogens with one attached hydrogen (secondary N) is 2. The van der Waals surface area contributed by atoms with Crippen LogP contribution in [0.25, 0.3) is 0 Å². The van der Waals surface area contributed by atoms with Crippen molar-refractivity contribution in [1.29, 1.82) is 0 Å². The number of sulfonamides is 1. The largest absolute Gasteiger partial charge is 0.351 e. The number of nitrogens with two attached hydrogens (primary N) is 1. The minimum atomic E-state index is -3.61. The van der Waals surface area contributed by atoms with Crippen LogP contribution >= 0.6 is 0 Å². The van der Waals surface area contributed by atoms with E-state index in [1.807, 2.05) is 0 Å². The molecule has 0 bridgehead atoms. The van der Waals surface area contributed by atoms with Gasteiger partial charge in [0.15, 0.2) is 0 Å². The zero-order valence-corrected chi connectivity index (χ0v) is 10.9. The van der Waals surface area contributed by atoms with Crippen LogP contribution in [-0.4, -0.2) is 48.7 Å². The Bertz CT molecular complexity index is 554. The number of likely N-dealkylation sites (tertiary alicyclic amines) is 1. The van der Waals surface area contributed by atoms with Gasteiger partial charge in [0.25, 0.3) is 0 Å². The molecule has 8 nitrogen and oxygen atoms in total. The second kappa shape index (κ2) is 4.25. The lowest BCUT2D eigenvalue weighted by Crippen LogP contribution is -2.62. The maximum atomic E-state index is 12.1. The highest BCUT2D eigenvalue weighted by atomic mass is 32.2. The number of aryl methyl sites for hydroxylation is 2. The van der Waals surface area contributed by atoms with E-state index in [0.29, 0.717) is 24.5 Å². The van der Waals surface area contributed by atoms with E-state index in [4.69, 9.17) is 5.73 Å². The molecule has 1 fully saturated rings. The van der Waals surface area contributed by atoms with Gasteiger partial charge in [0.05, 0.1) is 17.4 Å². The van der Waals surface area contributed by atoms with Crippen molar-refractivity contribution in [2.75, 3.05) is 13.1 Å². The highest BCUT2D eigenvalue weighted by molar-refractivity contribution is 7.89. The van der Waals surface area contributed by atoms with Crippen LogP contribution in [0.15, 0.2) is 4.90 Å². The molecular formula is C9H15N5O3S. The van der Waals surface area contributed by atoms with Gasteiger partial charge in [0.1, 0.15) is 4.90 Å². The molecule has 4 N–H and O–H groups in total. The topological polar surface area (TPSA) is 121 Å². The molecule has 9 heteroatoms. The summed E-state index contributed by atoms with van der Waals surface area (Å²) in [4.78, 5) is 12.3. The molecular weight excluding hydrogens is 258 g/mol. The highest BCUT2D eigenvalue weighted by Gasteiger charge is 2.34. The van der Waals surface area contributed by atoms with Crippen molar-refractivity contribution in [3.05, 3.63) is 11.4 Å². The number of amides is 2. The molecule has 2 heterocycles. The van der Waals surface area contributed by atoms with E-state index < -0.39 is 16.1 Å². The quantitative estimate of drug-likeness (QED) is 0.658. The Labute approximate surface area is 105 Å². The maximum Gasteiger partial charge on any atom is 0.314 e. The predicted octanol–water partition coefficient (Wildman–Crippen LogP) is -0.932. The molecule has 2 rings (SSSR count). The van der Waals surface area contributed by atoms with E-state index in [-0.39, 0.29) is 10.9 Å². The Hall–Kier alpha value is -1.61. The molecule has 1 aromatic heterocycles. The monoisotopic (exact) mass is 273 g/mol. The third-order valence-corrected chi connectivity index (χ3v) is 4.63. The molecule has 18 heavy (non-hydrogen) atoms. The smallest absolute Gasteiger partial charge is 0.314 e. The normalized spacial score (nSPS) is 16.7. The van der Waals surface area contributed by atoms with E-state index >= 15 is 0 Å². The van der Waals surface area contributed by atoms with Crippen molar-refractivity contribution < 1.29 is 13.2 Å². The van der Waals surface area contributed by atoms with E-state index in [0.717, 1.165) is 0 Å². The van der Waals surface area contributed by atoms with Crippen molar-refractivity contribution in [1.82, 2.24) is 19.8 Å². The van der Waals surface area contributed by atoms with Gasteiger partial charge >= 0.3 is 6.03 Å². The summed E-state index contributed by atoms with van der Waals surface area (Å²) in [6, 6.07) is -0.836. The number of primary amides is 1. The van der Waals surface area contributed by atoms with Gasteiger partial charge in [-0.25, -0.2) is 17.9 Å². The number of carbonyl (C=O) groups excluding carboxylic acids is 1. The van der Waals surface area contributed by atoms with Crippen molar-refractivity contribution in [3.63, 3.8) is 0 Å². The van der Waals surface area contributed by atoms with Crippen LogP contribution < -0.4 is 10.5 Å². The van der Waals surface area contributed by atoms with Gasteiger partial charge < -0.3 is 10.6 Å². The molecule has 0 unspecified atom stereocenters. The Kier molecular flexibility index (Phi) is 3.03. The molecule has 0 spiro atoms. The summed E-state index contributed by atoms with van der Waals surface area (Å²) in [5.41, 5.74) is 5.98. The van der Waals surface area contributed by atoms with Gasteiger partial charge in [-0.1, -0.05) is 0 Å². The minimum Gasteiger partial charge on any atom is -0.351 e. The summed E-state index contributed by atoms with van der Waals surface area (Å²) in [5.74, 6) is 0. The standard InChI is InChI=1S/C9H15N5O3S/c1-5-8(6(2)12-11-5)18(16,17)13-7-3-14(4-7)9(10)15/h7,13H,3-4H2,1-2H3,(H2,10,15)(H,11,12). The molecule has 1 aliphatic rings. The number of aromatic amines is 1. The Morgan fingerprint density at radius 3 is 2.56 bits per heavy atom. The molecule has 0 aliphatic carbocycles. The van der Waals surface area contributed by atoms with Crippen LogP contribution in [0.2, 0.25) is 0 Å². The van der Waals surface area contributed by atoms with Gasteiger partial charge in [-0.3, -0.25) is 5.10 Å². The second-order valence-corrected chi connectivity index (χ2v) is 5.98. The van der Waals surface area contributed by atoms with Gasteiger partial charge in [-0.15, -0.1) is 0 Å². The number of urea groups is 1. The average Bonchev–Trinajstić information content (AvgIpc) is 2.51. The first-order valence-corrected chi connectivity index (χ1v) is 6.88. The molecule has 0 atom stereocenters. The summed E-state index contributed by atoms with van der Waals surface area (Å²) >= 11 is 0. The van der Waals surface area contributed by atoms with Crippen molar-refractivity contribution in [2.24, 2.45) is 5.73 Å². The van der Waals surface area contributed by atoms with Crippen LogP contribution in [0.3, 0.4) is 0 Å². The van der Waals surface area contributed by atoms with Gasteiger partial charge in [-0.05, 0) is 13.8 Å². The van der Waals surface area contributed by atoms with Crippen LogP contribution in [0.1, 0.15) is 11.4 Å². The van der Waals surface area contributed by atoms with Crippen LogP contribution in [0.5, 0.6) is 0 Å². The Balaban J connectivity index is 2.08. The molecule has 100 valence electrons. The number of hydrogen-bond donors (Lipinski definition) is 3. The zero-order chi connectivity index (χ0) is 13.5. The van der Waals surface area contributed by atoms with Gasteiger partial charge in [0, 0.05) is 13.1 Å². The first-order chi connectivity index (χ1) is 8.31. The fourth-order valence-corrected chi connectivity index (χ4v) is 3.54. The number of rotatable bonds is 3. The Morgan fingerprint density at radius 2 is 2.11 bits per heavy atom. The molecule has 1 aromatic rings. The summed E-state index contributed by atoms with van der Waals surface area (Å²) in [5, 5.41) is 6.47. The Morgan fingerprint density at radius 1 is 1.50 bits per heavy atom. The molecule has 1 aliphatic heterocycles. The molecule has 0 radical (unpaired) electrons. The molecule has 2 amide bonds. The maximum absolute atomic E-state index is 12.1. The summed E-state index contributed by atoms with van der Waals surface area (Å²) in [6.45, 7) is 3.86. The lowest BCUT2D eigenvalue weighted by Gasteiger charge is -2.37. The zero-order valence-electron chi connectivity index (χ0n) is 10.1. The summed E-state index contributed by atoms with van der Waals surface area (Å²) < 4.78 is 26.7. The van der Waals surface area contributed by atoms with Crippen LogP contribution in [0, 0.1) is 13.8 Å². The first kappa shape index (κ1) is 12.8. The number of nitrogens with zero attached hydrogens (tertiary/aromatic N) is 2. The first-order valence-electron chi connectivity index (χ1n) is 5.39. The van der Waals surface area contributed by atoms with Crippen molar-refractivity contribution >= 4 is 16.1 Å². The third-order valence-electron chi connectivity index (χ3n) is 2.84. The number of aromatic nitrogens is 2. The lowest BCUT2D eigenvalue weighted by molar-refractivity contribution is 0.155. The SMILES string of the molecule is Cc1n[nH]c(C)c1S(=O)(=O)NC1CN(C(N)=O)C1. The highest BCUT2D eigenvalue weighted by Crippen LogP contribution is 2.18. The van der Waals surface area contributed by atoms with Gasteiger partial charge in [-0.2, -0.15) is 5.10 Å². The number of hydrogen-bond acceptors (Lipinski definition) is 4. The number of carbonyl (C=O) groups is 1. The fraction of sp³-hybridized carbons (Fsp3) is 0.556. The third kappa shape index (κ3) is 2.18. The van der Waals surface area contributed by atoms with E-state index in [1.165, 1.54) is 4.90 Å². The number of H-pyrrole nitrogens is 1. The molecule has 1 saturated heterocycles. The van der Waals surface area contributed by atoms with E-state index in [2.05, 4.69) is 14.9 Å². The second-order valence-electron chi connectivity index (χ2n) is 4.32. The molecule has 0 saturated carbocycles. The van der Waals surface area contributed by atoms with Gasteiger partial charge in [0.2, 0.25) is 10.0 Å². The van der Waals surface area contributed by atoms with Crippen molar-refractivity contribution in [2.45, 2.75) is 24.8 Å². The van der Waals surface area contributed by atoms with Crippen LogP contribution in [-0.2, 0) is 10.0 Å². The van der Waals surface area contributed by atoms with Crippen LogP contribution in [0.4, 0.5) is 4.79 Å². The summed E-state index contributed by atoms with van der Waals surface area (Å²) in [7, 11) is -3.61. The molecule has 0 aromatic carbocycles. The lowest BCUT2D eigenvalue weighted by atomic mass is 10.1. The van der Waals surface area contributed by atoms with E-state index in [1.54, 1.807) is 13.8 Å². The summed E-state index contributed by atoms with van der Waals surface area (Å²) in [6.07, 6.45) is 0. The average molecular weight is 273 g/mol. The predicted molar refractivity (Wildman–Crippen MR) is 63.3 cm³/mol.